The number of halogens is 4. The van der Waals surface area contributed by atoms with Gasteiger partial charge in [-0.15, -0.1) is 0 Å². The van der Waals surface area contributed by atoms with E-state index in [1.807, 2.05) is 0 Å². The molecule has 1 saturated heterocycles. The van der Waals surface area contributed by atoms with Gasteiger partial charge in [0.25, 0.3) is 0 Å². The molecule has 3 amide bonds. The van der Waals surface area contributed by atoms with Gasteiger partial charge in [-0.2, -0.15) is 18.4 Å². The SMILES string of the molecule is Cc1cc(C(F)(F)F)c(C#N)c(N[C@H]2CCN(CC(=O)N/C(=N/O)C3CN(C(=O)OC(C)(C)C)C3)c3c(F)cccc3N(C)C2=O)n1. The molecule has 4 rings (SSSR count). The standard InChI is InChI=1S/C30H34F4N8O5/c1-16-11-19(30(32,33)34)18(12-35)26(36-16)37-21-9-10-41(24-20(31)7-6-8-22(24)40(5)27(21)44)15-23(43)38-25(39-46)17-13-42(14-17)28(45)47-29(2,3)4/h6-8,11,17,21,46H,9-10,13-15H2,1-5H3,(H,36,37)(H,38,39,43)/t21-/m0/s1. The number of hydrogen-bond donors (Lipinski definition) is 3. The number of ether oxygens (including phenoxy) is 1. The van der Waals surface area contributed by atoms with Crippen LogP contribution < -0.4 is 20.4 Å². The van der Waals surface area contributed by atoms with Gasteiger partial charge >= 0.3 is 12.3 Å². The summed E-state index contributed by atoms with van der Waals surface area (Å²) in [7, 11) is 1.35. The Kier molecular flexibility index (Phi) is 9.83. The summed E-state index contributed by atoms with van der Waals surface area (Å²) >= 11 is 0. The molecular formula is C30H34F4N8O5. The van der Waals surface area contributed by atoms with Gasteiger partial charge in [0, 0.05) is 32.4 Å². The summed E-state index contributed by atoms with van der Waals surface area (Å²) in [5.41, 5.74) is -2.76. The molecule has 2 aromatic rings. The molecule has 0 bridgehead atoms. The molecule has 0 unspecified atom stereocenters. The second-order valence-electron chi connectivity index (χ2n) is 12.2. The summed E-state index contributed by atoms with van der Waals surface area (Å²) in [6.07, 6.45) is -5.56. The van der Waals surface area contributed by atoms with Crippen molar-refractivity contribution in [2.24, 2.45) is 11.1 Å². The molecule has 1 aromatic carbocycles. The zero-order chi connectivity index (χ0) is 34.8. The molecule has 1 fully saturated rings. The number of carbonyl (C=O) groups excluding carboxylic acids is 3. The number of aromatic nitrogens is 1. The predicted molar refractivity (Wildman–Crippen MR) is 161 cm³/mol. The first-order valence-corrected chi connectivity index (χ1v) is 14.5. The highest BCUT2D eigenvalue weighted by Gasteiger charge is 2.39. The number of pyridine rings is 1. The van der Waals surface area contributed by atoms with Gasteiger partial charge < -0.3 is 35.3 Å². The van der Waals surface area contributed by atoms with Crippen LogP contribution in [0.25, 0.3) is 0 Å². The maximum absolute atomic E-state index is 15.3. The number of amidine groups is 1. The Balaban J connectivity index is 1.55. The highest BCUT2D eigenvalue weighted by molar-refractivity contribution is 6.04. The van der Waals surface area contributed by atoms with Crippen molar-refractivity contribution in [1.29, 1.82) is 5.26 Å². The maximum Gasteiger partial charge on any atom is 0.417 e. The molecule has 0 aliphatic carbocycles. The van der Waals surface area contributed by atoms with E-state index < -0.39 is 71.0 Å². The van der Waals surface area contributed by atoms with Crippen molar-refractivity contribution in [2.75, 3.05) is 48.3 Å². The number of alkyl halides is 3. The topological polar surface area (TPSA) is 163 Å². The van der Waals surface area contributed by atoms with Crippen LogP contribution in [-0.4, -0.2) is 83.7 Å². The number of para-hydroxylation sites is 1. The molecule has 3 heterocycles. The zero-order valence-corrected chi connectivity index (χ0v) is 26.3. The van der Waals surface area contributed by atoms with E-state index in [4.69, 9.17) is 4.74 Å². The number of aryl methyl sites for hydroxylation is 1. The molecule has 1 aromatic heterocycles. The Bertz CT molecular complexity index is 1630. The predicted octanol–water partition coefficient (Wildman–Crippen LogP) is 3.84. The van der Waals surface area contributed by atoms with Crippen LogP contribution in [0.3, 0.4) is 0 Å². The number of oxime groups is 1. The number of carbonyl (C=O) groups is 3. The number of likely N-dealkylation sites (N-methyl/N-ethyl adjacent to an activating group) is 1. The van der Waals surface area contributed by atoms with Crippen LogP contribution >= 0.6 is 0 Å². The molecule has 0 radical (unpaired) electrons. The monoisotopic (exact) mass is 662 g/mol. The number of nitrogens with zero attached hydrogens (tertiary/aromatic N) is 6. The first-order chi connectivity index (χ1) is 21.9. The molecule has 2 aliphatic rings. The number of benzene rings is 1. The minimum Gasteiger partial charge on any atom is -0.444 e. The minimum absolute atomic E-state index is 0.0433. The number of amides is 3. The van der Waals surface area contributed by atoms with Gasteiger partial charge in [0.05, 0.1) is 29.4 Å². The van der Waals surface area contributed by atoms with E-state index in [1.54, 1.807) is 20.8 Å². The number of hydrogen-bond acceptors (Lipinski definition) is 10. The molecule has 17 heteroatoms. The van der Waals surface area contributed by atoms with Crippen LogP contribution in [0, 0.1) is 30.0 Å². The van der Waals surface area contributed by atoms with Crippen LogP contribution in [0.1, 0.15) is 44.0 Å². The Morgan fingerprint density at radius 2 is 1.91 bits per heavy atom. The second kappa shape index (κ2) is 13.3. The van der Waals surface area contributed by atoms with Crippen LogP contribution in [-0.2, 0) is 20.5 Å². The third-order valence-corrected chi connectivity index (χ3v) is 7.46. The highest BCUT2D eigenvalue weighted by atomic mass is 19.4. The van der Waals surface area contributed by atoms with Crippen LogP contribution in [0.2, 0.25) is 0 Å². The summed E-state index contributed by atoms with van der Waals surface area (Å²) in [5, 5.41) is 27.5. The highest BCUT2D eigenvalue weighted by Crippen LogP contribution is 2.37. The number of rotatable bonds is 5. The summed E-state index contributed by atoms with van der Waals surface area (Å²) in [4.78, 5) is 46.9. The van der Waals surface area contributed by atoms with Gasteiger partial charge in [-0.25, -0.2) is 14.2 Å². The van der Waals surface area contributed by atoms with E-state index in [1.165, 1.54) is 42.0 Å². The normalized spacial score (nSPS) is 17.6. The van der Waals surface area contributed by atoms with Crippen molar-refractivity contribution in [1.82, 2.24) is 15.2 Å². The van der Waals surface area contributed by atoms with Gasteiger partial charge in [-0.3, -0.25) is 9.59 Å². The molecule has 1 atom stereocenters. The first kappa shape index (κ1) is 34.7. The quantitative estimate of drug-likeness (QED) is 0.142. The number of nitrogens with one attached hydrogen (secondary N) is 2. The van der Waals surface area contributed by atoms with E-state index >= 15 is 4.39 Å². The van der Waals surface area contributed by atoms with Crippen LogP contribution in [0.15, 0.2) is 29.4 Å². The third kappa shape index (κ3) is 7.81. The summed E-state index contributed by atoms with van der Waals surface area (Å²) in [6, 6.07) is 4.97. The Labute approximate surface area is 267 Å². The Hall–Kier alpha value is -5.14. The van der Waals surface area contributed by atoms with Gasteiger partial charge in [-0.05, 0) is 52.3 Å². The van der Waals surface area contributed by atoms with E-state index in [0.717, 1.165) is 17.0 Å². The third-order valence-electron chi connectivity index (χ3n) is 7.46. The number of nitriles is 1. The van der Waals surface area contributed by atoms with Gasteiger partial charge in [0.2, 0.25) is 11.8 Å². The zero-order valence-electron chi connectivity index (χ0n) is 26.3. The summed E-state index contributed by atoms with van der Waals surface area (Å²) in [5.74, 6) is -3.16. The van der Waals surface area contributed by atoms with Crippen molar-refractivity contribution in [3.05, 3.63) is 46.9 Å². The van der Waals surface area contributed by atoms with Gasteiger partial charge in [0.15, 0.2) is 5.84 Å². The average Bonchev–Trinajstić information content (AvgIpc) is 2.94. The molecule has 0 saturated carbocycles. The Morgan fingerprint density at radius 3 is 2.51 bits per heavy atom. The van der Waals surface area contributed by atoms with E-state index in [-0.39, 0.29) is 49.0 Å². The van der Waals surface area contributed by atoms with E-state index in [9.17, 15) is 38.0 Å². The van der Waals surface area contributed by atoms with Crippen molar-refractivity contribution in [2.45, 2.75) is 51.9 Å². The smallest absolute Gasteiger partial charge is 0.417 e. The van der Waals surface area contributed by atoms with Crippen molar-refractivity contribution >= 4 is 40.9 Å². The molecular weight excluding hydrogens is 628 g/mol. The Morgan fingerprint density at radius 1 is 1.23 bits per heavy atom. The minimum atomic E-state index is -4.86. The van der Waals surface area contributed by atoms with E-state index in [0.29, 0.717) is 0 Å². The van der Waals surface area contributed by atoms with Gasteiger partial charge in [-0.1, -0.05) is 11.2 Å². The second-order valence-corrected chi connectivity index (χ2v) is 12.2. The van der Waals surface area contributed by atoms with Crippen LogP contribution in [0.5, 0.6) is 0 Å². The number of likely N-dealkylation sites (tertiary alicyclic amines) is 1. The lowest BCUT2D eigenvalue weighted by atomic mass is 9.99. The van der Waals surface area contributed by atoms with Crippen molar-refractivity contribution in [3.8, 4) is 6.07 Å². The first-order valence-electron chi connectivity index (χ1n) is 14.5. The fourth-order valence-corrected chi connectivity index (χ4v) is 5.22. The largest absolute Gasteiger partial charge is 0.444 e. The van der Waals surface area contributed by atoms with Crippen LogP contribution in [0.4, 0.5) is 39.5 Å². The number of anilines is 3. The van der Waals surface area contributed by atoms with Crippen molar-refractivity contribution in [3.63, 3.8) is 0 Å². The fourth-order valence-electron chi connectivity index (χ4n) is 5.22. The molecule has 3 N–H and O–H groups in total. The number of fused-ring (bicyclic) bond motifs is 1. The summed E-state index contributed by atoms with van der Waals surface area (Å²) in [6.45, 7) is 6.08. The summed E-state index contributed by atoms with van der Waals surface area (Å²) < 4.78 is 61.7. The molecule has 47 heavy (non-hydrogen) atoms. The van der Waals surface area contributed by atoms with Gasteiger partial charge in [0.1, 0.15) is 34.9 Å². The molecule has 2 aliphatic heterocycles. The molecule has 252 valence electrons. The fraction of sp³-hybridized carbons (Fsp3) is 0.467. The molecule has 0 spiro atoms. The lowest BCUT2D eigenvalue weighted by molar-refractivity contribution is -0.137. The lowest BCUT2D eigenvalue weighted by Gasteiger charge is -2.39. The average molecular weight is 663 g/mol. The maximum atomic E-state index is 15.3. The lowest BCUT2D eigenvalue weighted by Crippen LogP contribution is -2.58. The van der Waals surface area contributed by atoms with Crippen molar-refractivity contribution < 1.29 is 41.9 Å². The van der Waals surface area contributed by atoms with E-state index in [2.05, 4.69) is 20.8 Å². The molecule has 13 nitrogen and oxygen atoms in total.